The van der Waals surface area contributed by atoms with Gasteiger partial charge in [0.05, 0.1) is 5.02 Å². The zero-order valence-corrected chi connectivity index (χ0v) is 16.3. The summed E-state index contributed by atoms with van der Waals surface area (Å²) < 4.78 is 11.2. The van der Waals surface area contributed by atoms with Gasteiger partial charge in [0, 0.05) is 26.7 Å². The van der Waals surface area contributed by atoms with E-state index < -0.39 is 0 Å². The summed E-state index contributed by atoms with van der Waals surface area (Å²) >= 11 is 6.29. The lowest BCUT2D eigenvalue weighted by molar-refractivity contribution is 0.171. The Morgan fingerprint density at radius 3 is 2.69 bits per heavy atom. The largest absolute Gasteiger partial charge is 0.486 e. The smallest absolute Gasteiger partial charge is 0.191 e. The highest BCUT2D eigenvalue weighted by Gasteiger charge is 2.16. The van der Waals surface area contributed by atoms with Gasteiger partial charge in [0.2, 0.25) is 0 Å². The summed E-state index contributed by atoms with van der Waals surface area (Å²) in [4.78, 5) is 6.81. The number of rotatable bonds is 6. The zero-order chi connectivity index (χ0) is 18.2. The van der Waals surface area contributed by atoms with E-state index in [1.54, 1.807) is 7.05 Å². The molecule has 1 fully saturated rings. The van der Waals surface area contributed by atoms with Gasteiger partial charge in [-0.05, 0) is 50.0 Å². The Kier molecular flexibility index (Phi) is 7.26. The van der Waals surface area contributed by atoms with E-state index in [0.29, 0.717) is 24.0 Å². The van der Waals surface area contributed by atoms with Gasteiger partial charge in [-0.1, -0.05) is 18.0 Å². The summed E-state index contributed by atoms with van der Waals surface area (Å²) in [5.74, 6) is 2.23. The molecule has 2 N–H and O–H groups in total. The third kappa shape index (κ3) is 5.42. The second kappa shape index (κ2) is 9.88. The average molecular weight is 381 g/mol. The molecule has 0 spiro atoms. The van der Waals surface area contributed by atoms with E-state index in [1.165, 1.54) is 32.4 Å². The average Bonchev–Trinajstić information content (AvgIpc) is 2.68. The van der Waals surface area contributed by atoms with E-state index in [9.17, 15) is 0 Å². The minimum Gasteiger partial charge on any atom is -0.486 e. The normalized spacial score (nSPS) is 17.8. The van der Waals surface area contributed by atoms with Crippen molar-refractivity contribution in [1.29, 1.82) is 0 Å². The maximum atomic E-state index is 6.29. The quantitative estimate of drug-likeness (QED) is 0.586. The van der Waals surface area contributed by atoms with E-state index in [2.05, 4.69) is 20.5 Å². The number of hydrogen-bond acceptors (Lipinski definition) is 4. The molecule has 0 bridgehead atoms. The molecular weight excluding hydrogens is 352 g/mol. The lowest BCUT2D eigenvalue weighted by atomic mass is 10.1. The monoisotopic (exact) mass is 380 g/mol. The van der Waals surface area contributed by atoms with E-state index in [1.807, 2.05) is 12.1 Å². The first-order valence-electron chi connectivity index (χ1n) is 9.51. The number of nitrogens with one attached hydrogen (secondary N) is 2. The molecule has 2 aliphatic heterocycles. The Balaban J connectivity index is 1.40. The fourth-order valence-corrected chi connectivity index (χ4v) is 3.66. The molecule has 0 saturated carbocycles. The molecule has 0 unspecified atom stereocenters. The van der Waals surface area contributed by atoms with Crippen LogP contribution in [0.3, 0.4) is 0 Å². The van der Waals surface area contributed by atoms with Crippen LogP contribution in [0.2, 0.25) is 5.02 Å². The molecule has 6 nitrogen and oxygen atoms in total. The number of benzene rings is 1. The van der Waals surface area contributed by atoms with Crippen LogP contribution in [-0.4, -0.2) is 63.8 Å². The maximum Gasteiger partial charge on any atom is 0.191 e. The van der Waals surface area contributed by atoms with Gasteiger partial charge in [0.25, 0.3) is 0 Å². The minimum absolute atomic E-state index is 0.549. The third-order valence-electron chi connectivity index (χ3n) is 4.76. The number of aliphatic imine (C=N–C) groups is 1. The van der Waals surface area contributed by atoms with Crippen molar-refractivity contribution >= 4 is 17.6 Å². The van der Waals surface area contributed by atoms with Crippen LogP contribution in [0, 0.1) is 0 Å². The van der Waals surface area contributed by atoms with Crippen molar-refractivity contribution in [3.8, 4) is 11.5 Å². The number of guanidine groups is 1. The van der Waals surface area contributed by atoms with E-state index in [0.717, 1.165) is 43.3 Å². The third-order valence-corrected chi connectivity index (χ3v) is 5.04. The molecule has 2 heterocycles. The molecule has 7 heteroatoms. The van der Waals surface area contributed by atoms with Crippen molar-refractivity contribution in [3.63, 3.8) is 0 Å². The molecule has 1 aromatic rings. The van der Waals surface area contributed by atoms with Crippen LogP contribution in [0.25, 0.3) is 0 Å². The number of fused-ring (bicyclic) bond motifs is 1. The van der Waals surface area contributed by atoms with Gasteiger partial charge in [0.15, 0.2) is 17.5 Å². The van der Waals surface area contributed by atoms with Crippen LogP contribution in [0.4, 0.5) is 0 Å². The Labute approximate surface area is 160 Å². The fraction of sp³-hybridized carbons (Fsp3) is 0.632. The molecule has 0 radical (unpaired) electrons. The van der Waals surface area contributed by atoms with Crippen LogP contribution >= 0.6 is 11.6 Å². The molecule has 26 heavy (non-hydrogen) atoms. The van der Waals surface area contributed by atoms with Crippen molar-refractivity contribution < 1.29 is 9.47 Å². The summed E-state index contributed by atoms with van der Waals surface area (Å²) in [5.41, 5.74) is 1.12. The van der Waals surface area contributed by atoms with Gasteiger partial charge in [-0.2, -0.15) is 0 Å². The zero-order valence-electron chi connectivity index (χ0n) is 15.5. The molecular formula is C19H29ClN4O2. The van der Waals surface area contributed by atoms with Crippen molar-refractivity contribution in [2.75, 3.05) is 53.0 Å². The van der Waals surface area contributed by atoms with Crippen LogP contribution in [0.5, 0.6) is 11.5 Å². The molecule has 1 saturated heterocycles. The highest BCUT2D eigenvalue weighted by atomic mass is 35.5. The Bertz CT molecular complexity index is 618. The van der Waals surface area contributed by atoms with Crippen LogP contribution in [0.15, 0.2) is 17.1 Å². The van der Waals surface area contributed by atoms with Gasteiger partial charge in [-0.25, -0.2) is 0 Å². The Morgan fingerprint density at radius 2 is 1.88 bits per heavy atom. The first-order chi connectivity index (χ1) is 12.8. The summed E-state index contributed by atoms with van der Waals surface area (Å²) in [5, 5.41) is 7.36. The van der Waals surface area contributed by atoms with E-state index in [-0.39, 0.29) is 0 Å². The molecule has 0 amide bonds. The van der Waals surface area contributed by atoms with Crippen molar-refractivity contribution in [3.05, 3.63) is 22.7 Å². The lowest BCUT2D eigenvalue weighted by Gasteiger charge is -2.26. The highest BCUT2D eigenvalue weighted by molar-refractivity contribution is 6.32. The number of halogens is 1. The number of piperidine rings is 1. The van der Waals surface area contributed by atoms with Crippen molar-refractivity contribution in [2.45, 2.75) is 25.7 Å². The summed E-state index contributed by atoms with van der Waals surface area (Å²) in [6.45, 7) is 6.32. The van der Waals surface area contributed by atoms with Gasteiger partial charge in [0.1, 0.15) is 13.2 Å². The predicted octanol–water partition coefficient (Wildman–Crippen LogP) is 2.30. The van der Waals surface area contributed by atoms with Crippen molar-refractivity contribution in [1.82, 2.24) is 15.5 Å². The fourth-order valence-electron chi connectivity index (χ4n) is 3.37. The number of ether oxygens (including phenoxy) is 2. The topological polar surface area (TPSA) is 58.1 Å². The van der Waals surface area contributed by atoms with E-state index in [4.69, 9.17) is 21.1 Å². The van der Waals surface area contributed by atoms with Crippen LogP contribution in [-0.2, 0) is 6.42 Å². The van der Waals surface area contributed by atoms with Crippen LogP contribution < -0.4 is 20.1 Å². The lowest BCUT2D eigenvalue weighted by Crippen LogP contribution is -2.43. The highest BCUT2D eigenvalue weighted by Crippen LogP contribution is 2.38. The van der Waals surface area contributed by atoms with Crippen molar-refractivity contribution in [2.24, 2.45) is 4.99 Å². The van der Waals surface area contributed by atoms with Gasteiger partial charge in [-0.15, -0.1) is 0 Å². The SMILES string of the molecule is CN=C(NCCc1cc(Cl)c2c(c1)OCCO2)NCCN1CCCCC1. The summed E-state index contributed by atoms with van der Waals surface area (Å²) in [6, 6.07) is 3.96. The number of hydrogen-bond donors (Lipinski definition) is 2. The van der Waals surface area contributed by atoms with Gasteiger partial charge in [-0.3, -0.25) is 4.99 Å². The minimum atomic E-state index is 0.549. The summed E-state index contributed by atoms with van der Waals surface area (Å²) in [7, 11) is 1.80. The number of likely N-dealkylation sites (tertiary alicyclic amines) is 1. The second-order valence-corrected chi connectivity index (χ2v) is 7.09. The molecule has 144 valence electrons. The standard InChI is InChI=1S/C19H29ClN4O2/c1-21-19(23-7-10-24-8-3-2-4-9-24)22-6-5-15-13-16(20)18-17(14-15)25-11-12-26-18/h13-14H,2-12H2,1H3,(H2,21,22,23). The molecule has 0 atom stereocenters. The maximum absolute atomic E-state index is 6.29. The molecule has 3 rings (SSSR count). The molecule has 2 aliphatic rings. The number of nitrogens with zero attached hydrogens (tertiary/aromatic N) is 2. The molecule has 1 aromatic carbocycles. The van der Waals surface area contributed by atoms with Gasteiger partial charge >= 0.3 is 0 Å². The molecule has 0 aromatic heterocycles. The summed E-state index contributed by atoms with van der Waals surface area (Å²) in [6.07, 6.45) is 4.86. The van der Waals surface area contributed by atoms with Crippen LogP contribution in [0.1, 0.15) is 24.8 Å². The first kappa shape index (κ1) is 19.1. The van der Waals surface area contributed by atoms with Gasteiger partial charge < -0.3 is 25.0 Å². The Morgan fingerprint density at radius 1 is 1.12 bits per heavy atom. The second-order valence-electron chi connectivity index (χ2n) is 6.68. The predicted molar refractivity (Wildman–Crippen MR) is 106 cm³/mol. The first-order valence-corrected chi connectivity index (χ1v) is 9.89. The molecule has 0 aliphatic carbocycles. The van der Waals surface area contributed by atoms with E-state index >= 15 is 0 Å². The Hall–Kier alpha value is -1.66.